The van der Waals surface area contributed by atoms with E-state index in [1.807, 2.05) is 13.8 Å². The molecule has 0 aliphatic rings. The van der Waals surface area contributed by atoms with Gasteiger partial charge in [-0.1, -0.05) is 5.16 Å². The molecule has 0 saturated heterocycles. The van der Waals surface area contributed by atoms with Crippen molar-refractivity contribution in [2.45, 2.75) is 26.7 Å². The highest BCUT2D eigenvalue weighted by molar-refractivity contribution is 7.09. The molecule has 0 aliphatic carbocycles. The number of hydrogen-bond donors (Lipinski definition) is 1. The van der Waals surface area contributed by atoms with E-state index in [0.29, 0.717) is 12.1 Å². The van der Waals surface area contributed by atoms with Gasteiger partial charge in [0.05, 0.1) is 22.8 Å². The lowest BCUT2D eigenvalue weighted by molar-refractivity contribution is -0.136. The summed E-state index contributed by atoms with van der Waals surface area (Å²) >= 11 is 1.46. The average Bonchev–Trinajstić information content (AvgIpc) is 2.79. The second-order valence-corrected chi connectivity index (χ2v) is 4.73. The van der Waals surface area contributed by atoms with Crippen molar-refractivity contribution in [2.75, 3.05) is 0 Å². The van der Waals surface area contributed by atoms with Gasteiger partial charge < -0.3 is 9.63 Å². The van der Waals surface area contributed by atoms with Crippen LogP contribution in [-0.2, 0) is 17.6 Å². The molecule has 2 rings (SSSR count). The average molecular weight is 252 g/mol. The fourth-order valence-electron chi connectivity index (χ4n) is 1.57. The van der Waals surface area contributed by atoms with Crippen molar-refractivity contribution < 1.29 is 14.4 Å². The van der Waals surface area contributed by atoms with E-state index in [4.69, 9.17) is 9.63 Å². The molecule has 2 heterocycles. The summed E-state index contributed by atoms with van der Waals surface area (Å²) in [4.78, 5) is 14.8. The Bertz CT molecular complexity index is 525. The molecule has 2 aromatic rings. The first kappa shape index (κ1) is 11.8. The lowest BCUT2D eigenvalue weighted by atomic mass is 10.1. The predicted octanol–water partition coefficient (Wildman–Crippen LogP) is 1.97. The molecular formula is C11H12N2O3S. The molecular weight excluding hydrogens is 240 g/mol. The van der Waals surface area contributed by atoms with Gasteiger partial charge in [0.2, 0.25) is 0 Å². The smallest absolute Gasteiger partial charge is 0.309 e. The molecule has 0 fully saturated rings. The molecule has 0 aromatic carbocycles. The van der Waals surface area contributed by atoms with Crippen LogP contribution in [-0.4, -0.2) is 21.2 Å². The number of thiazole rings is 1. The molecule has 0 aliphatic heterocycles. The zero-order valence-corrected chi connectivity index (χ0v) is 10.4. The molecule has 5 nitrogen and oxygen atoms in total. The van der Waals surface area contributed by atoms with Crippen molar-refractivity contribution >= 4 is 17.3 Å². The summed E-state index contributed by atoms with van der Waals surface area (Å²) in [6.07, 6.45) is 0.615. The van der Waals surface area contributed by atoms with E-state index in [-0.39, 0.29) is 6.42 Å². The minimum Gasteiger partial charge on any atom is -0.481 e. The van der Waals surface area contributed by atoms with Gasteiger partial charge in [0, 0.05) is 17.4 Å². The van der Waals surface area contributed by atoms with Gasteiger partial charge in [-0.25, -0.2) is 4.98 Å². The maximum absolute atomic E-state index is 10.5. The normalized spacial score (nSPS) is 10.7. The van der Waals surface area contributed by atoms with E-state index in [9.17, 15) is 4.79 Å². The van der Waals surface area contributed by atoms with Gasteiger partial charge in [-0.3, -0.25) is 4.79 Å². The van der Waals surface area contributed by atoms with E-state index in [0.717, 1.165) is 22.0 Å². The number of carboxylic acids is 1. The summed E-state index contributed by atoms with van der Waals surface area (Å²) in [5.74, 6) is -0.0725. The third-order valence-corrected chi connectivity index (χ3v) is 3.34. The minimum absolute atomic E-state index is 0.0297. The number of carbonyl (C=O) groups is 1. The van der Waals surface area contributed by atoms with Crippen molar-refractivity contribution in [2.24, 2.45) is 0 Å². The van der Waals surface area contributed by atoms with Crippen LogP contribution in [0.5, 0.6) is 0 Å². The molecule has 0 amide bonds. The second-order valence-electron chi connectivity index (χ2n) is 3.78. The van der Waals surface area contributed by atoms with Crippen LogP contribution in [0.1, 0.15) is 27.7 Å². The quantitative estimate of drug-likeness (QED) is 0.900. The van der Waals surface area contributed by atoms with Crippen LogP contribution in [0, 0.1) is 13.8 Å². The minimum atomic E-state index is -0.862. The number of nitrogens with zero attached hydrogens (tertiary/aromatic N) is 2. The number of aliphatic carboxylic acids is 1. The Hall–Kier alpha value is -1.69. The van der Waals surface area contributed by atoms with E-state index in [1.165, 1.54) is 11.3 Å². The molecule has 0 atom stereocenters. The number of hydrogen-bond acceptors (Lipinski definition) is 5. The van der Waals surface area contributed by atoms with Gasteiger partial charge in [-0.05, 0) is 13.8 Å². The van der Waals surface area contributed by atoms with E-state index < -0.39 is 5.97 Å². The standard InChI is InChI=1S/C11H12N2O3S/c1-6-9(7(2)16-13-6)4-10-12-8(5-17-10)3-11(14)15/h5H,3-4H2,1-2H3,(H,14,15). The Balaban J connectivity index is 2.14. The van der Waals surface area contributed by atoms with Crippen LogP contribution in [0.15, 0.2) is 9.90 Å². The van der Waals surface area contributed by atoms with Gasteiger partial charge in [-0.15, -0.1) is 11.3 Å². The highest BCUT2D eigenvalue weighted by atomic mass is 32.1. The Morgan fingerprint density at radius 1 is 1.53 bits per heavy atom. The van der Waals surface area contributed by atoms with Crippen molar-refractivity contribution in [1.29, 1.82) is 0 Å². The molecule has 1 N–H and O–H groups in total. The Morgan fingerprint density at radius 3 is 2.88 bits per heavy atom. The first-order valence-corrected chi connectivity index (χ1v) is 6.01. The molecule has 6 heteroatoms. The molecule has 0 unspecified atom stereocenters. The van der Waals surface area contributed by atoms with Crippen LogP contribution < -0.4 is 0 Å². The zero-order chi connectivity index (χ0) is 12.4. The third kappa shape index (κ3) is 2.71. The number of aryl methyl sites for hydroxylation is 2. The van der Waals surface area contributed by atoms with E-state index in [2.05, 4.69) is 10.1 Å². The lowest BCUT2D eigenvalue weighted by Crippen LogP contribution is -2.00. The lowest BCUT2D eigenvalue weighted by Gasteiger charge is -1.95. The largest absolute Gasteiger partial charge is 0.481 e. The Kier molecular flexibility index (Phi) is 3.23. The second kappa shape index (κ2) is 4.67. The third-order valence-electron chi connectivity index (χ3n) is 2.44. The molecule has 0 spiro atoms. The van der Waals surface area contributed by atoms with Crippen LogP contribution in [0.2, 0.25) is 0 Å². The van der Waals surface area contributed by atoms with Crippen molar-refractivity contribution in [3.05, 3.63) is 33.1 Å². The number of rotatable bonds is 4. The number of carboxylic acid groups (broad SMARTS) is 1. The molecule has 0 radical (unpaired) electrons. The van der Waals surface area contributed by atoms with Gasteiger partial charge in [-0.2, -0.15) is 0 Å². The summed E-state index contributed by atoms with van der Waals surface area (Å²) < 4.78 is 5.07. The molecule has 90 valence electrons. The monoisotopic (exact) mass is 252 g/mol. The maximum Gasteiger partial charge on any atom is 0.309 e. The predicted molar refractivity (Wildman–Crippen MR) is 62.2 cm³/mol. The molecule has 17 heavy (non-hydrogen) atoms. The summed E-state index contributed by atoms with van der Waals surface area (Å²) in [5, 5.41) is 15.2. The molecule has 0 saturated carbocycles. The summed E-state index contributed by atoms with van der Waals surface area (Å²) in [6.45, 7) is 3.75. The Morgan fingerprint density at radius 2 is 2.29 bits per heavy atom. The molecule has 0 bridgehead atoms. The highest BCUT2D eigenvalue weighted by Crippen LogP contribution is 2.20. The van der Waals surface area contributed by atoms with Crippen LogP contribution in [0.4, 0.5) is 0 Å². The van der Waals surface area contributed by atoms with E-state index >= 15 is 0 Å². The summed E-state index contributed by atoms with van der Waals surface area (Å²) in [6, 6.07) is 0. The fraction of sp³-hybridized carbons (Fsp3) is 0.364. The molecule has 2 aromatic heterocycles. The number of aromatic nitrogens is 2. The maximum atomic E-state index is 10.5. The first-order valence-electron chi connectivity index (χ1n) is 5.13. The van der Waals surface area contributed by atoms with Crippen LogP contribution >= 0.6 is 11.3 Å². The first-order chi connectivity index (χ1) is 8.06. The highest BCUT2D eigenvalue weighted by Gasteiger charge is 2.12. The summed E-state index contributed by atoms with van der Waals surface area (Å²) in [5.41, 5.74) is 2.49. The van der Waals surface area contributed by atoms with Gasteiger partial charge in [0.25, 0.3) is 0 Å². The SMILES string of the molecule is Cc1noc(C)c1Cc1nc(CC(=O)O)cs1. The van der Waals surface area contributed by atoms with Crippen LogP contribution in [0.25, 0.3) is 0 Å². The Labute approximate surface area is 102 Å². The van der Waals surface area contributed by atoms with Gasteiger partial charge in [0.15, 0.2) is 0 Å². The van der Waals surface area contributed by atoms with Crippen molar-refractivity contribution in [3.8, 4) is 0 Å². The van der Waals surface area contributed by atoms with Crippen molar-refractivity contribution in [3.63, 3.8) is 0 Å². The zero-order valence-electron chi connectivity index (χ0n) is 9.56. The van der Waals surface area contributed by atoms with Crippen molar-refractivity contribution in [1.82, 2.24) is 10.1 Å². The van der Waals surface area contributed by atoms with E-state index in [1.54, 1.807) is 5.38 Å². The fourth-order valence-corrected chi connectivity index (χ4v) is 2.38. The van der Waals surface area contributed by atoms with Gasteiger partial charge >= 0.3 is 5.97 Å². The topological polar surface area (TPSA) is 76.2 Å². The summed E-state index contributed by atoms with van der Waals surface area (Å²) in [7, 11) is 0. The van der Waals surface area contributed by atoms with Crippen LogP contribution in [0.3, 0.4) is 0 Å². The van der Waals surface area contributed by atoms with Gasteiger partial charge in [0.1, 0.15) is 5.76 Å².